The molecule has 2 aromatic rings. The average Bonchev–Trinajstić information content (AvgIpc) is 2.76. The van der Waals surface area contributed by atoms with E-state index in [0.29, 0.717) is 0 Å². The summed E-state index contributed by atoms with van der Waals surface area (Å²) in [7, 11) is 0. The predicted molar refractivity (Wildman–Crippen MR) is 119 cm³/mol. The number of anilines is 1. The van der Waals surface area contributed by atoms with E-state index in [1.54, 1.807) is 0 Å². The fraction of sp³-hybridized carbons (Fsp3) is 0.458. The van der Waals surface area contributed by atoms with Crippen molar-refractivity contribution in [1.29, 1.82) is 0 Å². The number of nitrogens with zero attached hydrogens (tertiary/aromatic N) is 2. The number of aromatic hydroxyl groups is 1. The first kappa shape index (κ1) is 21.3. The van der Waals surface area contributed by atoms with Crippen molar-refractivity contribution in [1.82, 2.24) is 0 Å². The maximum Gasteiger partial charge on any atom is 0.136 e. The second-order valence-corrected chi connectivity index (χ2v) is 7.59. The summed E-state index contributed by atoms with van der Waals surface area (Å²) < 4.78 is 5.56. The van der Waals surface area contributed by atoms with Crippen molar-refractivity contribution in [3.8, 4) is 5.75 Å². The van der Waals surface area contributed by atoms with Crippen LogP contribution in [0.15, 0.2) is 53.5 Å². The Balaban J connectivity index is 1.80. The molecule has 0 unspecified atom stereocenters. The quantitative estimate of drug-likeness (QED) is 0.675. The van der Waals surface area contributed by atoms with Gasteiger partial charge in [0.05, 0.1) is 13.2 Å². The van der Waals surface area contributed by atoms with Crippen molar-refractivity contribution in [2.45, 2.75) is 32.9 Å². The van der Waals surface area contributed by atoms with Crippen LogP contribution in [0.3, 0.4) is 0 Å². The Morgan fingerprint density at radius 3 is 2.41 bits per heavy atom. The Labute approximate surface area is 174 Å². The highest BCUT2D eigenvalue weighted by atomic mass is 16.5. The Morgan fingerprint density at radius 1 is 1.10 bits per heavy atom. The van der Waals surface area contributed by atoms with Crippen molar-refractivity contribution in [3.05, 3.63) is 59.7 Å². The molecule has 0 saturated carbocycles. The SMILES string of the molecule is CCN(CC)c1ccc(C=N[C@H](C)[C@@H](c2ccccc2)[NH+]2CCOCC2)c(O)c1. The second kappa shape index (κ2) is 10.4. The molecule has 0 bridgehead atoms. The Hall–Kier alpha value is -2.37. The molecule has 2 aromatic carbocycles. The van der Waals surface area contributed by atoms with Gasteiger partial charge in [-0.25, -0.2) is 0 Å². The summed E-state index contributed by atoms with van der Waals surface area (Å²) in [6.45, 7) is 11.8. The summed E-state index contributed by atoms with van der Waals surface area (Å²) in [5, 5.41) is 10.5. The van der Waals surface area contributed by atoms with Gasteiger partial charge in [-0.15, -0.1) is 0 Å². The lowest BCUT2D eigenvalue weighted by Gasteiger charge is -2.33. The van der Waals surface area contributed by atoms with E-state index in [0.717, 1.165) is 50.6 Å². The van der Waals surface area contributed by atoms with Gasteiger partial charge in [0, 0.05) is 42.2 Å². The smallest absolute Gasteiger partial charge is 0.136 e. The normalized spacial score (nSPS) is 17.3. The molecule has 2 N–H and O–H groups in total. The van der Waals surface area contributed by atoms with Crippen LogP contribution < -0.4 is 9.80 Å². The van der Waals surface area contributed by atoms with E-state index < -0.39 is 0 Å². The third-order valence-electron chi connectivity index (χ3n) is 5.81. The third-order valence-corrected chi connectivity index (χ3v) is 5.81. The molecule has 1 saturated heterocycles. The zero-order valence-electron chi connectivity index (χ0n) is 17.8. The number of quaternary nitrogens is 1. The van der Waals surface area contributed by atoms with Crippen LogP contribution in [0.4, 0.5) is 5.69 Å². The summed E-state index contributed by atoms with van der Waals surface area (Å²) in [6, 6.07) is 16.8. The number of morpholine rings is 1. The third kappa shape index (κ3) is 5.37. The topological polar surface area (TPSA) is 49.5 Å². The van der Waals surface area contributed by atoms with Crippen LogP contribution in [0.2, 0.25) is 0 Å². The molecular formula is C24H34N3O2+. The minimum atomic E-state index is 0.0901. The molecule has 1 heterocycles. The van der Waals surface area contributed by atoms with Crippen molar-refractivity contribution in [2.24, 2.45) is 4.99 Å². The fourth-order valence-electron chi connectivity index (χ4n) is 4.17. The van der Waals surface area contributed by atoms with Crippen molar-refractivity contribution in [3.63, 3.8) is 0 Å². The molecule has 0 amide bonds. The maximum absolute atomic E-state index is 10.5. The molecule has 3 rings (SSSR count). The minimum Gasteiger partial charge on any atom is -0.507 e. The number of hydrogen-bond acceptors (Lipinski definition) is 4. The first-order valence-corrected chi connectivity index (χ1v) is 10.7. The van der Waals surface area contributed by atoms with E-state index in [9.17, 15) is 5.11 Å². The number of phenolic OH excluding ortho intramolecular Hbond substituents is 1. The van der Waals surface area contributed by atoms with Crippen LogP contribution in [0.25, 0.3) is 0 Å². The van der Waals surface area contributed by atoms with Gasteiger partial charge >= 0.3 is 0 Å². The van der Waals surface area contributed by atoms with Gasteiger partial charge < -0.3 is 19.6 Å². The van der Waals surface area contributed by atoms with Crippen molar-refractivity contribution in [2.75, 3.05) is 44.3 Å². The molecule has 2 atom stereocenters. The van der Waals surface area contributed by atoms with Crippen LogP contribution in [0.5, 0.6) is 5.75 Å². The highest BCUT2D eigenvalue weighted by Crippen LogP contribution is 2.24. The van der Waals surface area contributed by atoms with Gasteiger partial charge in [-0.3, -0.25) is 4.99 Å². The largest absolute Gasteiger partial charge is 0.507 e. The van der Waals surface area contributed by atoms with E-state index in [1.165, 1.54) is 10.5 Å². The van der Waals surface area contributed by atoms with Crippen molar-refractivity contribution >= 4 is 11.9 Å². The number of rotatable bonds is 8. The molecule has 5 heteroatoms. The molecule has 0 spiro atoms. The summed E-state index contributed by atoms with van der Waals surface area (Å²) in [4.78, 5) is 8.59. The van der Waals surface area contributed by atoms with Crippen LogP contribution in [-0.2, 0) is 4.74 Å². The molecule has 156 valence electrons. The zero-order valence-corrected chi connectivity index (χ0v) is 17.8. The van der Waals surface area contributed by atoms with Gasteiger partial charge in [0.1, 0.15) is 30.9 Å². The van der Waals surface area contributed by atoms with Gasteiger partial charge in [-0.2, -0.15) is 0 Å². The van der Waals surface area contributed by atoms with Gasteiger partial charge in [0.25, 0.3) is 0 Å². The number of nitrogens with one attached hydrogen (secondary N) is 1. The molecule has 29 heavy (non-hydrogen) atoms. The second-order valence-electron chi connectivity index (χ2n) is 7.59. The Kier molecular flexibility index (Phi) is 7.67. The maximum atomic E-state index is 10.5. The molecule has 5 nitrogen and oxygen atoms in total. The average molecular weight is 397 g/mol. The van der Waals surface area contributed by atoms with E-state index >= 15 is 0 Å². The van der Waals surface area contributed by atoms with E-state index in [1.807, 2.05) is 18.3 Å². The van der Waals surface area contributed by atoms with E-state index in [2.05, 4.69) is 62.1 Å². The lowest BCUT2D eigenvalue weighted by atomic mass is 9.98. The Bertz CT molecular complexity index is 784. The molecule has 1 fully saturated rings. The van der Waals surface area contributed by atoms with Crippen LogP contribution >= 0.6 is 0 Å². The fourth-order valence-corrected chi connectivity index (χ4v) is 4.17. The zero-order chi connectivity index (χ0) is 20.6. The van der Waals surface area contributed by atoms with Gasteiger partial charge in [-0.1, -0.05) is 30.3 Å². The molecule has 1 aliphatic rings. The predicted octanol–water partition coefficient (Wildman–Crippen LogP) is 2.70. The number of hydrogen-bond donors (Lipinski definition) is 2. The number of phenols is 1. The van der Waals surface area contributed by atoms with Crippen molar-refractivity contribution < 1.29 is 14.7 Å². The summed E-state index contributed by atoms with van der Waals surface area (Å²) in [6.07, 6.45) is 1.82. The lowest BCUT2D eigenvalue weighted by molar-refractivity contribution is -0.940. The standard InChI is InChI=1S/C24H33N3O2/c1-4-26(5-2)22-12-11-21(23(28)17-22)18-25-19(3)24(20-9-7-6-8-10-20)27-13-15-29-16-14-27/h6-12,17-19,24,28H,4-5,13-16H2,1-3H3/p+1/t19-,24+/m1/s1. The first-order chi connectivity index (χ1) is 14.1. The van der Waals surface area contributed by atoms with Gasteiger partial charge in [0.15, 0.2) is 0 Å². The van der Waals surface area contributed by atoms with Crippen LogP contribution in [0, 0.1) is 0 Å². The highest BCUT2D eigenvalue weighted by Gasteiger charge is 2.30. The monoisotopic (exact) mass is 396 g/mol. The van der Waals surface area contributed by atoms with Crippen LogP contribution in [0.1, 0.15) is 37.9 Å². The Morgan fingerprint density at radius 2 is 1.79 bits per heavy atom. The van der Waals surface area contributed by atoms with E-state index in [-0.39, 0.29) is 17.8 Å². The number of aliphatic imine (C=N–C) groups is 1. The van der Waals surface area contributed by atoms with Gasteiger partial charge in [0.2, 0.25) is 0 Å². The molecule has 0 aliphatic carbocycles. The molecule has 1 aliphatic heterocycles. The summed E-state index contributed by atoms with van der Waals surface area (Å²) in [5.41, 5.74) is 3.10. The highest BCUT2D eigenvalue weighted by molar-refractivity contribution is 5.84. The van der Waals surface area contributed by atoms with E-state index in [4.69, 9.17) is 9.73 Å². The molecular weight excluding hydrogens is 362 g/mol. The summed E-state index contributed by atoms with van der Waals surface area (Å²) >= 11 is 0. The number of ether oxygens (including phenoxy) is 1. The lowest BCUT2D eigenvalue weighted by Crippen LogP contribution is -3.15. The number of benzene rings is 2. The molecule has 0 aromatic heterocycles. The van der Waals surface area contributed by atoms with Crippen LogP contribution in [-0.4, -0.2) is 56.8 Å². The minimum absolute atomic E-state index is 0.0901. The van der Waals surface area contributed by atoms with Gasteiger partial charge in [-0.05, 0) is 32.9 Å². The molecule has 0 radical (unpaired) electrons. The first-order valence-electron chi connectivity index (χ1n) is 10.7. The summed E-state index contributed by atoms with van der Waals surface area (Å²) in [5.74, 6) is 0.278.